The van der Waals surface area contributed by atoms with E-state index >= 15 is 0 Å². The number of nitrogens with one attached hydrogen (secondary N) is 1. The Kier molecular flexibility index (Phi) is 3.84. The van der Waals surface area contributed by atoms with Crippen LogP contribution in [0.15, 0.2) is 24.3 Å². The second kappa shape index (κ2) is 5.41. The molecule has 3 N–H and O–H groups in total. The summed E-state index contributed by atoms with van der Waals surface area (Å²) in [5.41, 5.74) is 11.5. The highest BCUT2D eigenvalue weighted by Gasteiger charge is 2.10. The van der Waals surface area contributed by atoms with Gasteiger partial charge in [0.05, 0.1) is 0 Å². The van der Waals surface area contributed by atoms with Gasteiger partial charge in [-0.15, -0.1) is 0 Å². The Morgan fingerprint density at radius 3 is 2.55 bits per heavy atom. The standard InChI is InChI=1S/C16H21N3O/c1-10-8-13(12(3)19(10)4)9-18-15-7-5-6-14(11(15)2)16(17)20/h5-8,18H,9H2,1-4H3,(H2,17,20). The average Bonchev–Trinajstić information content (AvgIpc) is 2.65. The molecule has 0 aliphatic carbocycles. The Labute approximate surface area is 119 Å². The molecule has 0 spiro atoms. The molecular formula is C16H21N3O. The summed E-state index contributed by atoms with van der Waals surface area (Å²) in [6.45, 7) is 6.84. The zero-order valence-corrected chi connectivity index (χ0v) is 12.4. The van der Waals surface area contributed by atoms with Crippen molar-refractivity contribution in [1.29, 1.82) is 0 Å². The van der Waals surface area contributed by atoms with Crippen molar-refractivity contribution in [3.05, 3.63) is 52.3 Å². The first kappa shape index (κ1) is 14.2. The van der Waals surface area contributed by atoms with E-state index in [-0.39, 0.29) is 0 Å². The molecule has 1 amide bonds. The summed E-state index contributed by atoms with van der Waals surface area (Å²) >= 11 is 0. The Balaban J connectivity index is 2.21. The molecule has 0 unspecified atom stereocenters. The second-order valence-corrected chi connectivity index (χ2v) is 5.15. The van der Waals surface area contributed by atoms with Crippen LogP contribution >= 0.6 is 0 Å². The summed E-state index contributed by atoms with van der Waals surface area (Å²) in [5, 5.41) is 3.38. The molecule has 2 rings (SSSR count). The normalized spacial score (nSPS) is 10.6. The van der Waals surface area contributed by atoms with Crippen LogP contribution in [0, 0.1) is 20.8 Å². The number of primary amides is 1. The van der Waals surface area contributed by atoms with Crippen LogP contribution in [0.3, 0.4) is 0 Å². The van der Waals surface area contributed by atoms with Gasteiger partial charge in [-0.3, -0.25) is 4.79 Å². The predicted octanol–water partition coefficient (Wildman–Crippen LogP) is 2.66. The Hall–Kier alpha value is -2.23. The minimum absolute atomic E-state index is 0.391. The molecule has 0 saturated heterocycles. The van der Waals surface area contributed by atoms with Gasteiger partial charge in [0.1, 0.15) is 0 Å². The summed E-state index contributed by atoms with van der Waals surface area (Å²) < 4.78 is 2.17. The molecule has 20 heavy (non-hydrogen) atoms. The minimum Gasteiger partial charge on any atom is -0.381 e. The van der Waals surface area contributed by atoms with E-state index in [0.29, 0.717) is 5.56 Å². The van der Waals surface area contributed by atoms with Gasteiger partial charge in [0, 0.05) is 36.2 Å². The summed E-state index contributed by atoms with van der Waals surface area (Å²) in [5.74, 6) is -0.391. The summed E-state index contributed by atoms with van der Waals surface area (Å²) in [4.78, 5) is 11.3. The zero-order valence-electron chi connectivity index (χ0n) is 12.4. The van der Waals surface area contributed by atoms with Crippen LogP contribution in [0.5, 0.6) is 0 Å². The van der Waals surface area contributed by atoms with Crippen molar-refractivity contribution < 1.29 is 4.79 Å². The summed E-state index contributed by atoms with van der Waals surface area (Å²) in [7, 11) is 2.06. The third kappa shape index (κ3) is 2.54. The fourth-order valence-corrected chi connectivity index (χ4v) is 2.40. The van der Waals surface area contributed by atoms with Crippen molar-refractivity contribution in [2.45, 2.75) is 27.3 Å². The van der Waals surface area contributed by atoms with Gasteiger partial charge in [0.15, 0.2) is 0 Å². The van der Waals surface area contributed by atoms with Crippen molar-refractivity contribution in [2.75, 3.05) is 5.32 Å². The van der Waals surface area contributed by atoms with Crippen LogP contribution in [0.4, 0.5) is 5.69 Å². The molecule has 0 aliphatic heterocycles. The van der Waals surface area contributed by atoms with Crippen LogP contribution in [0.25, 0.3) is 0 Å². The number of nitrogens with two attached hydrogens (primary N) is 1. The summed E-state index contributed by atoms with van der Waals surface area (Å²) in [6.07, 6.45) is 0. The fourth-order valence-electron chi connectivity index (χ4n) is 2.40. The van der Waals surface area contributed by atoms with Crippen molar-refractivity contribution in [1.82, 2.24) is 4.57 Å². The Morgan fingerprint density at radius 1 is 1.30 bits per heavy atom. The highest BCUT2D eigenvalue weighted by Crippen LogP contribution is 2.21. The van der Waals surface area contributed by atoms with E-state index in [0.717, 1.165) is 17.8 Å². The van der Waals surface area contributed by atoms with E-state index in [1.807, 2.05) is 19.1 Å². The highest BCUT2D eigenvalue weighted by molar-refractivity contribution is 5.95. The molecule has 0 radical (unpaired) electrons. The fraction of sp³-hybridized carbons (Fsp3) is 0.312. The lowest BCUT2D eigenvalue weighted by Crippen LogP contribution is -2.14. The lowest BCUT2D eigenvalue weighted by molar-refractivity contribution is 0.1000. The largest absolute Gasteiger partial charge is 0.381 e. The minimum atomic E-state index is -0.391. The van der Waals surface area contributed by atoms with Crippen molar-refractivity contribution >= 4 is 11.6 Å². The average molecular weight is 271 g/mol. The Morgan fingerprint density at radius 2 is 2.00 bits per heavy atom. The van der Waals surface area contributed by atoms with Gasteiger partial charge < -0.3 is 15.6 Å². The van der Waals surface area contributed by atoms with E-state index in [2.05, 4.69) is 36.8 Å². The zero-order chi connectivity index (χ0) is 14.9. The first-order valence-corrected chi connectivity index (χ1v) is 6.67. The Bertz CT molecular complexity index is 656. The number of aryl methyl sites for hydroxylation is 1. The SMILES string of the molecule is Cc1c(NCc2cc(C)n(C)c2C)cccc1C(N)=O. The van der Waals surface area contributed by atoms with Gasteiger partial charge in [0.2, 0.25) is 5.91 Å². The third-order valence-corrected chi connectivity index (χ3v) is 3.95. The quantitative estimate of drug-likeness (QED) is 0.898. The first-order chi connectivity index (χ1) is 9.41. The molecule has 0 saturated carbocycles. The van der Waals surface area contributed by atoms with Crippen LogP contribution in [0.2, 0.25) is 0 Å². The van der Waals surface area contributed by atoms with E-state index < -0.39 is 5.91 Å². The number of carbonyl (C=O) groups is 1. The van der Waals surface area contributed by atoms with Gasteiger partial charge >= 0.3 is 0 Å². The molecular weight excluding hydrogens is 250 g/mol. The number of benzene rings is 1. The number of rotatable bonds is 4. The monoisotopic (exact) mass is 271 g/mol. The number of hydrogen-bond donors (Lipinski definition) is 2. The van der Waals surface area contributed by atoms with E-state index in [1.165, 1.54) is 17.0 Å². The van der Waals surface area contributed by atoms with E-state index in [4.69, 9.17) is 5.73 Å². The number of amides is 1. The highest BCUT2D eigenvalue weighted by atomic mass is 16.1. The number of anilines is 1. The molecule has 0 fully saturated rings. The van der Waals surface area contributed by atoms with Gasteiger partial charge in [0.25, 0.3) is 0 Å². The number of carbonyl (C=O) groups excluding carboxylic acids is 1. The molecule has 106 valence electrons. The number of aromatic nitrogens is 1. The summed E-state index contributed by atoms with van der Waals surface area (Å²) in [6, 6.07) is 7.74. The van der Waals surface area contributed by atoms with Crippen LogP contribution in [-0.4, -0.2) is 10.5 Å². The smallest absolute Gasteiger partial charge is 0.249 e. The maximum absolute atomic E-state index is 11.3. The van der Waals surface area contributed by atoms with Crippen LogP contribution in [0.1, 0.15) is 32.9 Å². The van der Waals surface area contributed by atoms with Gasteiger partial charge in [-0.1, -0.05) is 6.07 Å². The van der Waals surface area contributed by atoms with Crippen LogP contribution in [-0.2, 0) is 13.6 Å². The van der Waals surface area contributed by atoms with E-state index in [9.17, 15) is 4.79 Å². The van der Waals surface area contributed by atoms with Crippen molar-refractivity contribution in [3.8, 4) is 0 Å². The first-order valence-electron chi connectivity index (χ1n) is 6.67. The molecule has 2 aromatic rings. The molecule has 4 heteroatoms. The lowest BCUT2D eigenvalue weighted by atomic mass is 10.1. The van der Waals surface area contributed by atoms with Crippen molar-refractivity contribution in [2.24, 2.45) is 12.8 Å². The third-order valence-electron chi connectivity index (χ3n) is 3.95. The van der Waals surface area contributed by atoms with Gasteiger partial charge in [-0.05, 0) is 50.1 Å². The van der Waals surface area contributed by atoms with Gasteiger partial charge in [-0.2, -0.15) is 0 Å². The maximum Gasteiger partial charge on any atom is 0.249 e. The van der Waals surface area contributed by atoms with Gasteiger partial charge in [-0.25, -0.2) is 0 Å². The molecule has 1 aromatic heterocycles. The topological polar surface area (TPSA) is 60.1 Å². The van der Waals surface area contributed by atoms with Crippen LogP contribution < -0.4 is 11.1 Å². The second-order valence-electron chi connectivity index (χ2n) is 5.15. The molecule has 0 atom stereocenters. The van der Waals surface area contributed by atoms with Crippen molar-refractivity contribution in [3.63, 3.8) is 0 Å². The molecule has 0 aliphatic rings. The lowest BCUT2D eigenvalue weighted by Gasteiger charge is -2.12. The maximum atomic E-state index is 11.3. The van der Waals surface area contributed by atoms with E-state index in [1.54, 1.807) is 6.07 Å². The molecule has 4 nitrogen and oxygen atoms in total. The predicted molar refractivity (Wildman–Crippen MR) is 81.9 cm³/mol. The number of nitrogens with zero attached hydrogens (tertiary/aromatic N) is 1. The molecule has 1 heterocycles. The molecule has 1 aromatic carbocycles. The molecule has 0 bridgehead atoms. The number of hydrogen-bond acceptors (Lipinski definition) is 2.